The van der Waals surface area contributed by atoms with Gasteiger partial charge in [-0.15, -0.1) is 0 Å². The maximum Gasteiger partial charge on any atom is 0.268 e. The summed E-state index contributed by atoms with van der Waals surface area (Å²) in [6.07, 6.45) is -0.428. The van der Waals surface area contributed by atoms with E-state index in [1.807, 2.05) is 36.4 Å². The van der Waals surface area contributed by atoms with Crippen molar-refractivity contribution in [3.8, 4) is 11.4 Å². The molecule has 2 aromatic heterocycles. The van der Waals surface area contributed by atoms with Gasteiger partial charge in [0.05, 0.1) is 22.7 Å². The molecule has 0 spiro atoms. The number of aromatic nitrogens is 2. The van der Waals surface area contributed by atoms with Crippen molar-refractivity contribution in [3.63, 3.8) is 0 Å². The highest BCUT2D eigenvalue weighted by Crippen LogP contribution is 2.35. The normalized spacial score (nSPS) is 16.7. The molecule has 8 nitrogen and oxygen atoms in total. The van der Waals surface area contributed by atoms with E-state index in [9.17, 15) is 14.7 Å². The van der Waals surface area contributed by atoms with Crippen LogP contribution in [0.15, 0.2) is 76.0 Å². The van der Waals surface area contributed by atoms with Crippen LogP contribution in [0.1, 0.15) is 22.9 Å². The fourth-order valence-corrected chi connectivity index (χ4v) is 5.27. The number of aliphatic hydroxyl groups is 1. The summed E-state index contributed by atoms with van der Waals surface area (Å²) in [5, 5.41) is 19.1. The molecule has 0 bridgehead atoms. The number of fused-ring (bicyclic) bond motifs is 4. The van der Waals surface area contributed by atoms with Gasteiger partial charge in [-0.3, -0.25) is 14.2 Å². The molecule has 186 valence electrons. The van der Waals surface area contributed by atoms with E-state index in [0.29, 0.717) is 50.4 Å². The van der Waals surface area contributed by atoms with Crippen molar-refractivity contribution in [2.45, 2.75) is 25.5 Å². The Kier molecular flexibility index (Phi) is 5.70. The van der Waals surface area contributed by atoms with E-state index in [0.717, 1.165) is 11.1 Å². The fourth-order valence-electron chi connectivity index (χ4n) is 5.01. The minimum atomic E-state index is -0.809. The lowest BCUT2D eigenvalue weighted by molar-refractivity contribution is -0.124. The SMILES string of the molecule is Cc1onc2c1c(=O)n(-c1ccc3c(c1)C(NC(=O)COc1ccccc1)C(O)C3)c1cccc(Cl)c21. The molecule has 1 aliphatic rings. The Labute approximate surface area is 216 Å². The molecule has 9 heteroatoms. The molecule has 37 heavy (non-hydrogen) atoms. The molecule has 2 heterocycles. The monoisotopic (exact) mass is 515 g/mol. The number of pyridine rings is 1. The summed E-state index contributed by atoms with van der Waals surface area (Å²) < 4.78 is 12.5. The molecule has 2 N–H and O–H groups in total. The van der Waals surface area contributed by atoms with E-state index in [-0.39, 0.29) is 18.1 Å². The van der Waals surface area contributed by atoms with Gasteiger partial charge in [-0.25, -0.2) is 0 Å². The second kappa shape index (κ2) is 9.06. The second-order valence-corrected chi connectivity index (χ2v) is 9.45. The van der Waals surface area contributed by atoms with Crippen molar-refractivity contribution in [1.29, 1.82) is 0 Å². The number of halogens is 1. The van der Waals surface area contributed by atoms with Gasteiger partial charge in [0, 0.05) is 17.5 Å². The number of aryl methyl sites for hydroxylation is 1. The predicted octanol–water partition coefficient (Wildman–Crippen LogP) is 4.25. The number of rotatable bonds is 5. The molecule has 6 rings (SSSR count). The summed E-state index contributed by atoms with van der Waals surface area (Å²) in [7, 11) is 0. The average Bonchev–Trinajstić information content (AvgIpc) is 3.43. The molecule has 1 amide bonds. The van der Waals surface area contributed by atoms with Gasteiger partial charge in [-0.05, 0) is 54.4 Å². The average molecular weight is 516 g/mol. The van der Waals surface area contributed by atoms with Crippen molar-refractivity contribution in [2.24, 2.45) is 0 Å². The zero-order chi connectivity index (χ0) is 25.7. The summed E-state index contributed by atoms with van der Waals surface area (Å²) in [6, 6.07) is 19.2. The Bertz CT molecular complexity index is 1730. The molecule has 0 radical (unpaired) electrons. The van der Waals surface area contributed by atoms with Crippen LogP contribution in [0, 0.1) is 6.92 Å². The molecular weight excluding hydrogens is 494 g/mol. The molecule has 0 saturated carbocycles. The van der Waals surface area contributed by atoms with Crippen LogP contribution in [0.25, 0.3) is 27.5 Å². The lowest BCUT2D eigenvalue weighted by Crippen LogP contribution is -2.36. The molecule has 3 aromatic carbocycles. The number of carbonyl (C=O) groups is 1. The Morgan fingerprint density at radius 2 is 1.97 bits per heavy atom. The smallest absolute Gasteiger partial charge is 0.268 e. The number of para-hydroxylation sites is 1. The highest BCUT2D eigenvalue weighted by atomic mass is 35.5. The Morgan fingerprint density at radius 1 is 1.16 bits per heavy atom. The van der Waals surface area contributed by atoms with Crippen LogP contribution >= 0.6 is 11.6 Å². The third-order valence-corrected chi connectivity index (χ3v) is 7.03. The van der Waals surface area contributed by atoms with Crippen LogP contribution in [-0.2, 0) is 11.2 Å². The largest absolute Gasteiger partial charge is 0.484 e. The number of hydrogen-bond acceptors (Lipinski definition) is 6. The van der Waals surface area contributed by atoms with Crippen LogP contribution in [0.4, 0.5) is 0 Å². The molecule has 5 aromatic rings. The summed E-state index contributed by atoms with van der Waals surface area (Å²) in [5.74, 6) is 0.620. The number of ether oxygens (including phenoxy) is 1. The van der Waals surface area contributed by atoms with Crippen molar-refractivity contribution in [1.82, 2.24) is 15.0 Å². The van der Waals surface area contributed by atoms with Gasteiger partial charge < -0.3 is 19.7 Å². The van der Waals surface area contributed by atoms with Crippen molar-refractivity contribution >= 4 is 39.3 Å². The van der Waals surface area contributed by atoms with Crippen molar-refractivity contribution in [3.05, 3.63) is 99.0 Å². The van der Waals surface area contributed by atoms with E-state index in [1.165, 1.54) is 0 Å². The number of nitrogens with zero attached hydrogens (tertiary/aromatic N) is 2. The highest BCUT2D eigenvalue weighted by Gasteiger charge is 2.33. The molecule has 2 unspecified atom stereocenters. The van der Waals surface area contributed by atoms with E-state index in [1.54, 1.807) is 41.8 Å². The molecular formula is C28H22ClN3O5. The fraction of sp³-hybridized carbons (Fsp3) is 0.179. The summed E-state index contributed by atoms with van der Waals surface area (Å²) in [6.45, 7) is 1.50. The number of hydrogen-bond donors (Lipinski definition) is 2. The van der Waals surface area contributed by atoms with Gasteiger partial charge in [0.1, 0.15) is 22.4 Å². The first kappa shape index (κ1) is 23.3. The Hall–Kier alpha value is -4.14. The van der Waals surface area contributed by atoms with E-state index >= 15 is 0 Å². The van der Waals surface area contributed by atoms with Crippen molar-refractivity contribution in [2.75, 3.05) is 6.61 Å². The maximum absolute atomic E-state index is 13.7. The summed E-state index contributed by atoms with van der Waals surface area (Å²) in [5.41, 5.74) is 2.91. The van der Waals surface area contributed by atoms with Crippen LogP contribution < -0.4 is 15.6 Å². The summed E-state index contributed by atoms with van der Waals surface area (Å²) >= 11 is 6.53. The lowest BCUT2D eigenvalue weighted by atomic mass is 10.1. The van der Waals surface area contributed by atoms with Gasteiger partial charge in [0.2, 0.25) is 0 Å². The first-order valence-electron chi connectivity index (χ1n) is 11.8. The van der Waals surface area contributed by atoms with Crippen LogP contribution in [-0.4, -0.2) is 33.4 Å². The van der Waals surface area contributed by atoms with Crippen molar-refractivity contribution < 1.29 is 19.2 Å². The zero-order valence-corrected chi connectivity index (χ0v) is 20.5. The number of benzene rings is 3. The van der Waals surface area contributed by atoms with Crippen LogP contribution in [0.3, 0.4) is 0 Å². The van der Waals surface area contributed by atoms with E-state index in [4.69, 9.17) is 20.9 Å². The standard InChI is InChI=1S/C28H22ClN3O5/c1-15-24-27(31-37-15)25-20(29)8-5-9-21(25)32(28(24)35)17-11-10-16-12-22(33)26(19(16)13-17)30-23(34)14-36-18-6-3-2-4-7-18/h2-11,13,22,26,33H,12,14H2,1H3,(H,30,34). The molecule has 0 saturated heterocycles. The van der Waals surface area contributed by atoms with Gasteiger partial charge in [-0.1, -0.05) is 47.1 Å². The third-order valence-electron chi connectivity index (χ3n) is 6.72. The number of aliphatic hydroxyl groups excluding tert-OH is 1. The van der Waals surface area contributed by atoms with Crippen LogP contribution in [0.5, 0.6) is 5.75 Å². The van der Waals surface area contributed by atoms with Crippen LogP contribution in [0.2, 0.25) is 5.02 Å². The van der Waals surface area contributed by atoms with E-state index < -0.39 is 12.1 Å². The lowest BCUT2D eigenvalue weighted by Gasteiger charge is -2.19. The topological polar surface area (TPSA) is 107 Å². The van der Waals surface area contributed by atoms with Gasteiger partial charge >= 0.3 is 0 Å². The quantitative estimate of drug-likeness (QED) is 0.362. The van der Waals surface area contributed by atoms with Gasteiger partial charge in [0.25, 0.3) is 11.5 Å². The van der Waals surface area contributed by atoms with Gasteiger partial charge in [-0.2, -0.15) is 0 Å². The third kappa shape index (κ3) is 3.94. The number of carbonyl (C=O) groups excluding carboxylic acids is 1. The number of amides is 1. The molecule has 0 aliphatic heterocycles. The minimum absolute atomic E-state index is 0.186. The van der Waals surface area contributed by atoms with E-state index in [2.05, 4.69) is 10.5 Å². The predicted molar refractivity (Wildman–Crippen MR) is 139 cm³/mol. The minimum Gasteiger partial charge on any atom is -0.484 e. The second-order valence-electron chi connectivity index (χ2n) is 9.04. The maximum atomic E-state index is 13.7. The van der Waals surface area contributed by atoms with Gasteiger partial charge in [0.15, 0.2) is 6.61 Å². The highest BCUT2D eigenvalue weighted by molar-refractivity contribution is 6.37. The Morgan fingerprint density at radius 3 is 2.78 bits per heavy atom. The first-order valence-corrected chi connectivity index (χ1v) is 12.2. The first-order chi connectivity index (χ1) is 17.9. The Balaban J connectivity index is 1.40. The molecule has 1 aliphatic carbocycles. The number of nitrogens with one attached hydrogen (secondary N) is 1. The zero-order valence-electron chi connectivity index (χ0n) is 19.8. The summed E-state index contributed by atoms with van der Waals surface area (Å²) in [4.78, 5) is 26.3. The molecule has 2 atom stereocenters. The molecule has 0 fully saturated rings.